The molecule has 0 N–H and O–H groups in total. The molecule has 0 bridgehead atoms. The number of hydrogen-bond acceptors (Lipinski definition) is 4. The summed E-state index contributed by atoms with van der Waals surface area (Å²) >= 11 is 0. The van der Waals surface area contributed by atoms with Crippen molar-refractivity contribution in [3.05, 3.63) is 35.5 Å². The predicted octanol–water partition coefficient (Wildman–Crippen LogP) is 3.17. The van der Waals surface area contributed by atoms with Gasteiger partial charge in [0.25, 0.3) is 5.91 Å². The molecule has 1 amide bonds. The molecule has 0 saturated heterocycles. The number of benzene rings is 1. The Balaban J connectivity index is 2.40. The second-order valence-electron chi connectivity index (χ2n) is 5.55. The number of ether oxygens (including phenoxy) is 1. The van der Waals surface area contributed by atoms with Crippen LogP contribution in [0.5, 0.6) is 5.75 Å². The van der Waals surface area contributed by atoms with Gasteiger partial charge in [-0.1, -0.05) is 0 Å². The van der Waals surface area contributed by atoms with Gasteiger partial charge >= 0.3 is 0 Å². The highest BCUT2D eigenvalue weighted by Crippen LogP contribution is 2.22. The molecule has 1 aromatic heterocycles. The number of carbonyl (C=O) groups is 1. The minimum atomic E-state index is -0.197. The molecule has 5 nitrogen and oxygen atoms in total. The van der Waals surface area contributed by atoms with Gasteiger partial charge in [0.15, 0.2) is 0 Å². The van der Waals surface area contributed by atoms with Crippen molar-refractivity contribution < 1.29 is 9.53 Å². The number of nitriles is 1. The molecule has 120 valence electrons. The Morgan fingerprint density at radius 3 is 2.78 bits per heavy atom. The molecule has 2 rings (SSSR count). The number of carbonyl (C=O) groups excluding carboxylic acids is 1. The van der Waals surface area contributed by atoms with E-state index < -0.39 is 0 Å². The third-order valence-corrected chi connectivity index (χ3v) is 3.83. The van der Waals surface area contributed by atoms with E-state index in [0.717, 1.165) is 16.7 Å². The summed E-state index contributed by atoms with van der Waals surface area (Å²) in [6.45, 7) is 6.54. The highest BCUT2D eigenvalue weighted by atomic mass is 16.5. The summed E-state index contributed by atoms with van der Waals surface area (Å²) in [5, 5.41) is 9.86. The Labute approximate surface area is 136 Å². The summed E-state index contributed by atoms with van der Waals surface area (Å²) in [6, 6.07) is 9.63. The van der Waals surface area contributed by atoms with Gasteiger partial charge < -0.3 is 9.64 Å². The Kier molecular flexibility index (Phi) is 5.17. The van der Waals surface area contributed by atoms with Gasteiger partial charge in [-0.05, 0) is 39.0 Å². The highest BCUT2D eigenvalue weighted by molar-refractivity contribution is 5.98. The van der Waals surface area contributed by atoms with Crippen molar-refractivity contribution in [2.45, 2.75) is 20.8 Å². The lowest BCUT2D eigenvalue weighted by atomic mass is 10.1. The van der Waals surface area contributed by atoms with Crippen molar-refractivity contribution in [2.75, 3.05) is 20.2 Å². The molecule has 0 aliphatic rings. The third kappa shape index (κ3) is 3.59. The molecule has 1 atom stereocenters. The van der Waals surface area contributed by atoms with E-state index in [1.807, 2.05) is 45.0 Å². The summed E-state index contributed by atoms with van der Waals surface area (Å²) in [6.07, 6.45) is 0. The van der Waals surface area contributed by atoms with E-state index in [-0.39, 0.29) is 11.8 Å². The van der Waals surface area contributed by atoms with Crippen LogP contribution in [0.1, 0.15) is 29.9 Å². The zero-order valence-corrected chi connectivity index (χ0v) is 14.0. The number of rotatable bonds is 5. The molecule has 0 unspecified atom stereocenters. The first-order valence-corrected chi connectivity index (χ1v) is 7.64. The fourth-order valence-electron chi connectivity index (χ4n) is 2.48. The standard InChI is InChI=1S/C18H21N3O2/c1-5-21(11-12(2)10-19)18(22)16-8-14-6-7-15(23-4)9-17(14)20-13(16)3/h6-9,12H,5,11H2,1-4H3/t12-/m0/s1. The van der Waals surface area contributed by atoms with Gasteiger partial charge in [-0.2, -0.15) is 5.26 Å². The average molecular weight is 311 g/mol. The van der Waals surface area contributed by atoms with Crippen molar-refractivity contribution in [2.24, 2.45) is 5.92 Å². The second-order valence-corrected chi connectivity index (χ2v) is 5.55. The van der Waals surface area contributed by atoms with Crippen molar-refractivity contribution in [3.63, 3.8) is 0 Å². The van der Waals surface area contributed by atoms with Gasteiger partial charge in [0, 0.05) is 24.5 Å². The van der Waals surface area contributed by atoms with E-state index in [4.69, 9.17) is 10.00 Å². The Morgan fingerprint density at radius 2 is 2.17 bits per heavy atom. The molecule has 0 fully saturated rings. The highest BCUT2D eigenvalue weighted by Gasteiger charge is 2.19. The first-order chi connectivity index (χ1) is 11.0. The van der Waals surface area contributed by atoms with Crippen LogP contribution in [0.25, 0.3) is 10.9 Å². The van der Waals surface area contributed by atoms with Crippen molar-refractivity contribution >= 4 is 16.8 Å². The normalized spacial score (nSPS) is 11.8. The first kappa shape index (κ1) is 16.8. The third-order valence-electron chi connectivity index (χ3n) is 3.83. The molecule has 1 aromatic carbocycles. The lowest BCUT2D eigenvalue weighted by molar-refractivity contribution is 0.0751. The average Bonchev–Trinajstić information content (AvgIpc) is 2.57. The van der Waals surface area contributed by atoms with Crippen LogP contribution >= 0.6 is 0 Å². The molecule has 0 spiro atoms. The zero-order valence-electron chi connectivity index (χ0n) is 14.0. The van der Waals surface area contributed by atoms with E-state index in [2.05, 4.69) is 11.1 Å². The molecule has 0 aliphatic heterocycles. The molecule has 0 radical (unpaired) electrons. The van der Waals surface area contributed by atoms with Crippen molar-refractivity contribution in [3.8, 4) is 11.8 Å². The van der Waals surface area contributed by atoms with Gasteiger partial charge in [0.2, 0.25) is 0 Å². The molecule has 2 aromatic rings. The predicted molar refractivity (Wildman–Crippen MR) is 89.4 cm³/mol. The summed E-state index contributed by atoms with van der Waals surface area (Å²) in [5.74, 6) is 0.454. The van der Waals surface area contributed by atoms with Gasteiger partial charge in [-0.3, -0.25) is 9.78 Å². The molecule has 0 saturated carbocycles. The maximum Gasteiger partial charge on any atom is 0.255 e. The molecule has 1 heterocycles. The van der Waals surface area contributed by atoms with E-state index in [9.17, 15) is 4.79 Å². The number of aryl methyl sites for hydroxylation is 1. The van der Waals surface area contributed by atoms with E-state index in [0.29, 0.717) is 24.3 Å². The number of hydrogen-bond donors (Lipinski definition) is 0. The van der Waals surface area contributed by atoms with Crippen LogP contribution in [0.3, 0.4) is 0 Å². The summed E-state index contributed by atoms with van der Waals surface area (Å²) in [7, 11) is 1.61. The molecule has 23 heavy (non-hydrogen) atoms. The van der Waals surface area contributed by atoms with Crippen LogP contribution in [-0.2, 0) is 0 Å². The fraction of sp³-hybridized carbons (Fsp3) is 0.389. The van der Waals surface area contributed by atoms with Crippen molar-refractivity contribution in [1.82, 2.24) is 9.88 Å². The van der Waals surface area contributed by atoms with Crippen molar-refractivity contribution in [1.29, 1.82) is 5.26 Å². The van der Waals surface area contributed by atoms with Crippen LogP contribution in [0.4, 0.5) is 0 Å². The van der Waals surface area contributed by atoms with Gasteiger partial charge in [0.05, 0.1) is 35.9 Å². The van der Waals surface area contributed by atoms with E-state index in [1.165, 1.54) is 0 Å². The van der Waals surface area contributed by atoms with Gasteiger partial charge in [-0.25, -0.2) is 0 Å². The first-order valence-electron chi connectivity index (χ1n) is 7.64. The lowest BCUT2D eigenvalue weighted by Gasteiger charge is -2.22. The summed E-state index contributed by atoms with van der Waals surface area (Å²) < 4.78 is 5.21. The maximum atomic E-state index is 12.8. The Hall–Kier alpha value is -2.61. The number of methoxy groups -OCH3 is 1. The Bertz CT molecular complexity index is 765. The van der Waals surface area contributed by atoms with Crippen LogP contribution in [0, 0.1) is 24.2 Å². The van der Waals surface area contributed by atoms with Gasteiger partial charge in [-0.15, -0.1) is 0 Å². The molecular weight excluding hydrogens is 290 g/mol. The maximum absolute atomic E-state index is 12.8. The summed E-state index contributed by atoms with van der Waals surface area (Å²) in [5.41, 5.74) is 2.06. The van der Waals surface area contributed by atoms with Gasteiger partial charge in [0.1, 0.15) is 5.75 Å². The number of aromatic nitrogens is 1. The molecule has 5 heteroatoms. The SMILES string of the molecule is CCN(C[C@@H](C)C#N)C(=O)c1cc2ccc(OC)cc2nc1C. The van der Waals surface area contributed by atoms with Crippen LogP contribution in [-0.4, -0.2) is 36.0 Å². The van der Waals surface area contributed by atoms with E-state index >= 15 is 0 Å². The number of amides is 1. The van der Waals surface area contributed by atoms with Crippen LogP contribution < -0.4 is 4.74 Å². The second kappa shape index (κ2) is 7.10. The number of fused-ring (bicyclic) bond motifs is 1. The quantitative estimate of drug-likeness (QED) is 0.850. The monoisotopic (exact) mass is 311 g/mol. The summed E-state index contributed by atoms with van der Waals surface area (Å²) in [4.78, 5) is 19.0. The topological polar surface area (TPSA) is 66.2 Å². The zero-order chi connectivity index (χ0) is 17.0. The molecular formula is C18H21N3O2. The smallest absolute Gasteiger partial charge is 0.255 e. The minimum Gasteiger partial charge on any atom is -0.497 e. The minimum absolute atomic E-state index is 0.0858. The molecule has 0 aliphatic carbocycles. The largest absolute Gasteiger partial charge is 0.497 e. The lowest BCUT2D eigenvalue weighted by Crippen LogP contribution is -2.34. The van der Waals surface area contributed by atoms with Crippen LogP contribution in [0.15, 0.2) is 24.3 Å². The fourth-order valence-corrected chi connectivity index (χ4v) is 2.48. The Morgan fingerprint density at radius 1 is 1.43 bits per heavy atom. The van der Waals surface area contributed by atoms with Crippen LogP contribution in [0.2, 0.25) is 0 Å². The van der Waals surface area contributed by atoms with E-state index in [1.54, 1.807) is 12.0 Å². The number of pyridine rings is 1. The number of nitrogens with zero attached hydrogens (tertiary/aromatic N) is 3.